The van der Waals surface area contributed by atoms with E-state index in [1.54, 1.807) is 26.8 Å². The van der Waals surface area contributed by atoms with Gasteiger partial charge in [0.1, 0.15) is 36.1 Å². The number of aliphatic hydroxyl groups excluding tert-OH is 1. The van der Waals surface area contributed by atoms with Gasteiger partial charge in [-0.3, -0.25) is 19.2 Å². The summed E-state index contributed by atoms with van der Waals surface area (Å²) in [7, 11) is 0. The topological polar surface area (TPSA) is 163 Å². The van der Waals surface area contributed by atoms with Gasteiger partial charge in [0.15, 0.2) is 5.78 Å². The lowest BCUT2D eigenvalue weighted by atomic mass is 9.43. The van der Waals surface area contributed by atoms with Gasteiger partial charge in [-0.15, -0.1) is 0 Å². The molecule has 1 aromatic carbocycles. The van der Waals surface area contributed by atoms with Crippen LogP contribution >= 0.6 is 0 Å². The average molecular weight is 625 g/mol. The molecule has 2 N–H and O–H groups in total. The zero-order valence-electron chi connectivity index (χ0n) is 26.3. The fraction of sp³-hybridized carbons (Fsp3) is 0.559. The van der Waals surface area contributed by atoms with Crippen molar-refractivity contribution in [3.8, 4) is 0 Å². The van der Waals surface area contributed by atoms with Crippen molar-refractivity contribution in [3.63, 3.8) is 0 Å². The van der Waals surface area contributed by atoms with Gasteiger partial charge in [0.25, 0.3) is 0 Å². The van der Waals surface area contributed by atoms with E-state index in [0.717, 1.165) is 19.4 Å². The van der Waals surface area contributed by atoms with Gasteiger partial charge >= 0.3 is 23.9 Å². The first-order chi connectivity index (χ1) is 20.9. The lowest BCUT2D eigenvalue weighted by molar-refractivity contribution is -0.229. The van der Waals surface area contributed by atoms with Crippen LogP contribution in [0.5, 0.6) is 0 Å². The Morgan fingerprint density at radius 1 is 0.911 bits per heavy atom. The number of hydrogen-bond donors (Lipinski definition) is 2. The molecule has 9 atom stereocenters. The fourth-order valence-corrected chi connectivity index (χ4v) is 9.64. The van der Waals surface area contributed by atoms with E-state index in [1.165, 1.54) is 13.0 Å². The Morgan fingerprint density at radius 2 is 1.49 bits per heavy atom. The fourth-order valence-electron chi connectivity index (χ4n) is 9.64. The van der Waals surface area contributed by atoms with Crippen molar-refractivity contribution in [2.75, 3.05) is 0 Å². The molecule has 45 heavy (non-hydrogen) atoms. The van der Waals surface area contributed by atoms with Crippen LogP contribution in [-0.2, 0) is 42.9 Å². The summed E-state index contributed by atoms with van der Waals surface area (Å²) in [5, 5.41) is 24.7. The van der Waals surface area contributed by atoms with Gasteiger partial charge in [0.05, 0.1) is 10.8 Å². The van der Waals surface area contributed by atoms with Crippen LogP contribution in [0.25, 0.3) is 6.08 Å². The summed E-state index contributed by atoms with van der Waals surface area (Å²) in [4.78, 5) is 65.0. The third-order valence-corrected chi connectivity index (χ3v) is 11.2. The maximum absolute atomic E-state index is 13.7. The molecule has 4 aliphatic rings. The normalized spacial score (nSPS) is 39.5. The standard InChI is InChI=1S/C34H40O11/c1-18-24(45-25(39)14-13-22-11-9-8-10-12-22)15-16-31(7)27(42-19(2)35)28(43-20(3)36)34-26(40)23(38)17-32(41,30(34,5)6)29(33(18,31)34)44-21(4)37/h8-14,24,26-29,40-41H,1,15-17H2,2-7H3/t24-,26+,27-,28-,29+,31-,32+,33+,34+/m0/s1. The van der Waals surface area contributed by atoms with Crippen LogP contribution in [0.4, 0.5) is 0 Å². The zero-order valence-corrected chi connectivity index (χ0v) is 26.3. The van der Waals surface area contributed by atoms with Crippen molar-refractivity contribution >= 4 is 35.7 Å². The van der Waals surface area contributed by atoms with Crippen molar-refractivity contribution < 1.29 is 53.1 Å². The van der Waals surface area contributed by atoms with Crippen LogP contribution in [0, 0.1) is 21.7 Å². The number of Topliss-reactive ketones (excluding diaryl/α,β-unsaturated/α-hetero) is 1. The van der Waals surface area contributed by atoms with E-state index < -0.39 is 93.9 Å². The second kappa shape index (κ2) is 10.6. The molecule has 0 amide bonds. The minimum absolute atomic E-state index is 0.120. The molecular formula is C34H40O11. The summed E-state index contributed by atoms with van der Waals surface area (Å²) in [5.41, 5.74) is -7.84. The van der Waals surface area contributed by atoms with Gasteiger partial charge in [-0.2, -0.15) is 0 Å². The van der Waals surface area contributed by atoms with E-state index in [1.807, 2.05) is 30.3 Å². The van der Waals surface area contributed by atoms with Crippen LogP contribution in [0.1, 0.15) is 66.4 Å². The van der Waals surface area contributed by atoms with E-state index in [2.05, 4.69) is 6.58 Å². The number of fused-ring (bicyclic) bond motifs is 1. The van der Waals surface area contributed by atoms with E-state index in [-0.39, 0.29) is 18.4 Å². The molecule has 2 spiro atoms. The third-order valence-electron chi connectivity index (χ3n) is 11.2. The van der Waals surface area contributed by atoms with Gasteiger partial charge in [0, 0.05) is 44.1 Å². The molecule has 0 heterocycles. The quantitative estimate of drug-likeness (QED) is 0.207. The van der Waals surface area contributed by atoms with Gasteiger partial charge in [0.2, 0.25) is 0 Å². The molecule has 1 aromatic rings. The first kappa shape index (κ1) is 32.6. The summed E-state index contributed by atoms with van der Waals surface area (Å²) >= 11 is 0. The molecular weight excluding hydrogens is 584 g/mol. The van der Waals surface area contributed by atoms with E-state index >= 15 is 0 Å². The van der Waals surface area contributed by atoms with E-state index in [4.69, 9.17) is 18.9 Å². The molecule has 4 aliphatic carbocycles. The lowest BCUT2D eigenvalue weighted by Crippen LogP contribution is -2.68. The summed E-state index contributed by atoms with van der Waals surface area (Å²) in [6, 6.07) is 9.10. The minimum atomic E-state index is -2.10. The summed E-state index contributed by atoms with van der Waals surface area (Å²) in [5.74, 6) is -3.77. The number of aliphatic hydroxyl groups is 2. The molecule has 0 aromatic heterocycles. The van der Waals surface area contributed by atoms with E-state index in [9.17, 15) is 34.2 Å². The predicted molar refractivity (Wildman–Crippen MR) is 158 cm³/mol. The summed E-state index contributed by atoms with van der Waals surface area (Å²) < 4.78 is 23.8. The van der Waals surface area contributed by atoms with E-state index in [0.29, 0.717) is 0 Å². The Bertz CT molecular complexity index is 1500. The SMILES string of the molecule is C=C1[C@@H](OC(=O)C=Cc2ccccc2)CC[C@@]2(C)[C@@H](OC(C)=O)[C@H](OC(C)=O)[C@@]34[C@H](O)C(=O)C[C@@](O)([C@@H](OC(C)=O)[C@@]132)C4(C)C. The second-order valence-corrected chi connectivity index (χ2v) is 13.5. The maximum atomic E-state index is 13.7. The van der Waals surface area contributed by atoms with Gasteiger partial charge in [-0.1, -0.05) is 57.7 Å². The van der Waals surface area contributed by atoms with Crippen molar-refractivity contribution in [2.45, 2.75) is 96.9 Å². The third kappa shape index (κ3) is 4.05. The molecule has 0 unspecified atom stereocenters. The number of esters is 4. The Balaban J connectivity index is 1.77. The molecule has 242 valence electrons. The molecule has 2 bridgehead atoms. The Hall–Kier alpha value is -3.83. The van der Waals surface area contributed by atoms with Gasteiger partial charge in [-0.05, 0) is 30.1 Å². The molecule has 5 rings (SSSR count). The average Bonchev–Trinajstić information content (AvgIpc) is 3.17. The number of hydrogen-bond acceptors (Lipinski definition) is 11. The van der Waals surface area contributed by atoms with Crippen LogP contribution in [-0.4, -0.2) is 76.0 Å². The Labute approximate surface area is 261 Å². The van der Waals surface area contributed by atoms with Crippen molar-refractivity contribution in [1.29, 1.82) is 0 Å². The molecule has 4 saturated carbocycles. The Kier molecular flexibility index (Phi) is 7.69. The number of rotatable bonds is 6. The van der Waals surface area contributed by atoms with Crippen LogP contribution < -0.4 is 0 Å². The zero-order chi connectivity index (χ0) is 33.3. The maximum Gasteiger partial charge on any atom is 0.331 e. The number of carbonyl (C=O) groups is 5. The predicted octanol–water partition coefficient (Wildman–Crippen LogP) is 2.85. The first-order valence-corrected chi connectivity index (χ1v) is 15.0. The van der Waals surface area contributed by atoms with Crippen molar-refractivity contribution in [2.24, 2.45) is 21.7 Å². The highest BCUT2D eigenvalue weighted by Gasteiger charge is 2.96. The molecule has 11 nitrogen and oxygen atoms in total. The van der Waals surface area contributed by atoms with Crippen LogP contribution in [0.2, 0.25) is 0 Å². The highest BCUT2D eigenvalue weighted by molar-refractivity contribution is 5.90. The van der Waals surface area contributed by atoms with Gasteiger partial charge < -0.3 is 29.2 Å². The van der Waals surface area contributed by atoms with Crippen LogP contribution in [0.15, 0.2) is 48.6 Å². The molecule has 11 heteroatoms. The summed E-state index contributed by atoms with van der Waals surface area (Å²) in [6.07, 6.45) is -4.70. The van der Waals surface area contributed by atoms with Crippen LogP contribution in [0.3, 0.4) is 0 Å². The Morgan fingerprint density at radius 3 is 2.07 bits per heavy atom. The molecule has 0 radical (unpaired) electrons. The summed E-state index contributed by atoms with van der Waals surface area (Å²) in [6.45, 7) is 12.8. The highest BCUT2D eigenvalue weighted by Crippen LogP contribution is 2.86. The smallest absolute Gasteiger partial charge is 0.331 e. The largest absolute Gasteiger partial charge is 0.458 e. The lowest BCUT2D eigenvalue weighted by Gasteiger charge is -2.59. The number of ether oxygens (including phenoxy) is 4. The number of benzene rings is 1. The highest BCUT2D eigenvalue weighted by atomic mass is 16.6. The minimum Gasteiger partial charge on any atom is -0.458 e. The monoisotopic (exact) mass is 624 g/mol. The van der Waals surface area contributed by atoms with Gasteiger partial charge in [-0.25, -0.2) is 4.79 Å². The number of ketones is 1. The first-order valence-electron chi connectivity index (χ1n) is 15.0. The molecule has 0 aliphatic heterocycles. The van der Waals surface area contributed by atoms with Crippen molar-refractivity contribution in [1.82, 2.24) is 0 Å². The van der Waals surface area contributed by atoms with Crippen molar-refractivity contribution in [3.05, 3.63) is 54.1 Å². The second-order valence-electron chi connectivity index (χ2n) is 13.5. The molecule has 4 fully saturated rings. The number of carbonyl (C=O) groups excluding carboxylic acids is 5. The molecule has 0 saturated heterocycles.